The van der Waals surface area contributed by atoms with Crippen molar-refractivity contribution in [2.45, 2.75) is 57.9 Å². The Morgan fingerprint density at radius 1 is 1.26 bits per heavy atom. The third kappa shape index (κ3) is 5.15. The third-order valence-electron chi connectivity index (χ3n) is 3.76. The molecule has 1 heterocycles. The number of hydrogen-bond donors (Lipinski definition) is 1. The van der Waals surface area contributed by atoms with Gasteiger partial charge in [0.25, 0.3) is 0 Å². The normalized spacial score (nSPS) is 17.0. The molecular formula is C17H26N2. The summed E-state index contributed by atoms with van der Waals surface area (Å²) in [6.45, 7) is 3.33. The van der Waals surface area contributed by atoms with Gasteiger partial charge in [0.05, 0.1) is 0 Å². The summed E-state index contributed by atoms with van der Waals surface area (Å²) >= 11 is 0. The summed E-state index contributed by atoms with van der Waals surface area (Å²) in [4.78, 5) is 4.46. The Kier molecular flexibility index (Phi) is 6.09. The van der Waals surface area contributed by atoms with Gasteiger partial charge < -0.3 is 5.32 Å². The van der Waals surface area contributed by atoms with Crippen LogP contribution in [0.3, 0.4) is 0 Å². The SMILES string of the molecule is CCCNC(CC1=CCCCC1)Cc1ccccn1. The van der Waals surface area contributed by atoms with Gasteiger partial charge in [0, 0.05) is 24.4 Å². The molecule has 0 radical (unpaired) electrons. The van der Waals surface area contributed by atoms with Crippen molar-refractivity contribution in [2.24, 2.45) is 0 Å². The zero-order chi connectivity index (χ0) is 13.3. The van der Waals surface area contributed by atoms with Crippen LogP contribution < -0.4 is 5.32 Å². The van der Waals surface area contributed by atoms with Crippen LogP contribution in [-0.4, -0.2) is 17.6 Å². The molecular weight excluding hydrogens is 232 g/mol. The van der Waals surface area contributed by atoms with Crippen molar-refractivity contribution in [1.29, 1.82) is 0 Å². The first-order valence-corrected chi connectivity index (χ1v) is 7.69. The average Bonchev–Trinajstić information content (AvgIpc) is 2.47. The number of pyridine rings is 1. The number of allylic oxidation sites excluding steroid dienone is 1. The van der Waals surface area contributed by atoms with E-state index in [1.807, 2.05) is 12.3 Å². The smallest absolute Gasteiger partial charge is 0.0419 e. The molecule has 1 atom stereocenters. The van der Waals surface area contributed by atoms with Crippen molar-refractivity contribution in [1.82, 2.24) is 10.3 Å². The van der Waals surface area contributed by atoms with E-state index in [0.717, 1.165) is 13.0 Å². The highest BCUT2D eigenvalue weighted by Crippen LogP contribution is 2.22. The van der Waals surface area contributed by atoms with E-state index in [2.05, 4.69) is 35.4 Å². The topological polar surface area (TPSA) is 24.9 Å². The van der Waals surface area contributed by atoms with Gasteiger partial charge in [-0.15, -0.1) is 0 Å². The van der Waals surface area contributed by atoms with Crippen LogP contribution in [0.15, 0.2) is 36.0 Å². The largest absolute Gasteiger partial charge is 0.313 e. The Hall–Kier alpha value is -1.15. The second-order valence-corrected chi connectivity index (χ2v) is 5.49. The summed E-state index contributed by atoms with van der Waals surface area (Å²) in [7, 11) is 0. The van der Waals surface area contributed by atoms with Crippen LogP contribution >= 0.6 is 0 Å². The fourth-order valence-corrected chi connectivity index (χ4v) is 2.74. The molecule has 1 aliphatic carbocycles. The molecule has 2 nitrogen and oxygen atoms in total. The Bertz CT molecular complexity index is 384. The Labute approximate surface area is 117 Å². The Balaban J connectivity index is 1.92. The van der Waals surface area contributed by atoms with E-state index in [0.29, 0.717) is 6.04 Å². The lowest BCUT2D eigenvalue weighted by Crippen LogP contribution is -2.32. The van der Waals surface area contributed by atoms with Crippen LogP contribution in [0.4, 0.5) is 0 Å². The predicted octanol–water partition coefficient (Wildman–Crippen LogP) is 3.88. The molecule has 0 spiro atoms. The van der Waals surface area contributed by atoms with Crippen LogP contribution in [0.25, 0.3) is 0 Å². The Morgan fingerprint density at radius 3 is 2.89 bits per heavy atom. The summed E-state index contributed by atoms with van der Waals surface area (Å²) in [6.07, 6.45) is 13.1. The first-order chi connectivity index (χ1) is 9.38. The Morgan fingerprint density at radius 2 is 2.21 bits per heavy atom. The molecule has 104 valence electrons. The average molecular weight is 258 g/mol. The van der Waals surface area contributed by atoms with Crippen LogP contribution in [0.1, 0.15) is 51.1 Å². The minimum atomic E-state index is 0.541. The highest BCUT2D eigenvalue weighted by molar-refractivity contribution is 5.10. The van der Waals surface area contributed by atoms with E-state index in [-0.39, 0.29) is 0 Å². The maximum Gasteiger partial charge on any atom is 0.0419 e. The van der Waals surface area contributed by atoms with Gasteiger partial charge in [0.2, 0.25) is 0 Å². The zero-order valence-electron chi connectivity index (χ0n) is 12.1. The summed E-state index contributed by atoms with van der Waals surface area (Å²) in [6, 6.07) is 6.75. The van der Waals surface area contributed by atoms with E-state index in [9.17, 15) is 0 Å². The predicted molar refractivity (Wildman–Crippen MR) is 81.2 cm³/mol. The van der Waals surface area contributed by atoms with E-state index < -0.39 is 0 Å². The molecule has 2 heteroatoms. The van der Waals surface area contributed by atoms with Gasteiger partial charge in [-0.3, -0.25) is 4.98 Å². The fraction of sp³-hybridized carbons (Fsp3) is 0.588. The van der Waals surface area contributed by atoms with Gasteiger partial charge in [-0.1, -0.05) is 24.6 Å². The molecule has 1 aliphatic rings. The summed E-state index contributed by atoms with van der Waals surface area (Å²) in [5.41, 5.74) is 2.85. The monoisotopic (exact) mass is 258 g/mol. The summed E-state index contributed by atoms with van der Waals surface area (Å²) < 4.78 is 0. The lowest BCUT2D eigenvalue weighted by Gasteiger charge is -2.21. The molecule has 1 unspecified atom stereocenters. The summed E-state index contributed by atoms with van der Waals surface area (Å²) in [5.74, 6) is 0. The molecule has 0 saturated carbocycles. The van der Waals surface area contributed by atoms with Gasteiger partial charge in [0.1, 0.15) is 0 Å². The molecule has 0 saturated heterocycles. The molecule has 1 aromatic heterocycles. The number of rotatable bonds is 7. The van der Waals surface area contributed by atoms with Gasteiger partial charge in [-0.25, -0.2) is 0 Å². The van der Waals surface area contributed by atoms with E-state index in [1.54, 1.807) is 5.57 Å². The quantitative estimate of drug-likeness (QED) is 0.751. The maximum atomic E-state index is 4.46. The van der Waals surface area contributed by atoms with Gasteiger partial charge in [0.15, 0.2) is 0 Å². The lowest BCUT2D eigenvalue weighted by molar-refractivity contribution is 0.486. The van der Waals surface area contributed by atoms with E-state index in [4.69, 9.17) is 0 Å². The molecule has 0 aliphatic heterocycles. The first-order valence-electron chi connectivity index (χ1n) is 7.69. The van der Waals surface area contributed by atoms with Crippen molar-refractivity contribution < 1.29 is 0 Å². The van der Waals surface area contributed by atoms with Crippen molar-refractivity contribution in [3.05, 3.63) is 41.7 Å². The van der Waals surface area contributed by atoms with Gasteiger partial charge in [-0.05, 0) is 57.2 Å². The second-order valence-electron chi connectivity index (χ2n) is 5.49. The van der Waals surface area contributed by atoms with Crippen LogP contribution in [0.2, 0.25) is 0 Å². The molecule has 2 rings (SSSR count). The molecule has 1 aromatic rings. The number of aromatic nitrogens is 1. The second kappa shape index (κ2) is 8.11. The molecule has 0 aromatic carbocycles. The summed E-state index contributed by atoms with van der Waals surface area (Å²) in [5, 5.41) is 3.68. The number of nitrogens with zero attached hydrogens (tertiary/aromatic N) is 1. The highest BCUT2D eigenvalue weighted by atomic mass is 14.9. The highest BCUT2D eigenvalue weighted by Gasteiger charge is 2.13. The molecule has 19 heavy (non-hydrogen) atoms. The van der Waals surface area contributed by atoms with Crippen LogP contribution in [0.5, 0.6) is 0 Å². The standard InChI is InChI=1S/C17H26N2/c1-2-11-18-17(13-15-8-4-3-5-9-15)14-16-10-6-7-12-19-16/h6-8,10,12,17-18H,2-5,9,11,13-14H2,1H3. The van der Waals surface area contributed by atoms with E-state index in [1.165, 1.54) is 44.2 Å². The minimum absolute atomic E-state index is 0.541. The lowest BCUT2D eigenvalue weighted by atomic mass is 9.92. The molecule has 0 fully saturated rings. The zero-order valence-corrected chi connectivity index (χ0v) is 12.1. The van der Waals surface area contributed by atoms with Crippen LogP contribution in [-0.2, 0) is 6.42 Å². The fourth-order valence-electron chi connectivity index (χ4n) is 2.74. The van der Waals surface area contributed by atoms with Crippen molar-refractivity contribution in [2.75, 3.05) is 6.54 Å². The van der Waals surface area contributed by atoms with E-state index >= 15 is 0 Å². The minimum Gasteiger partial charge on any atom is -0.313 e. The van der Waals surface area contributed by atoms with Crippen LogP contribution in [0, 0.1) is 0 Å². The van der Waals surface area contributed by atoms with Crippen molar-refractivity contribution in [3.8, 4) is 0 Å². The van der Waals surface area contributed by atoms with Gasteiger partial charge in [-0.2, -0.15) is 0 Å². The van der Waals surface area contributed by atoms with Gasteiger partial charge >= 0.3 is 0 Å². The number of nitrogens with one attached hydrogen (secondary N) is 1. The first kappa shape index (κ1) is 14.3. The third-order valence-corrected chi connectivity index (χ3v) is 3.76. The number of hydrogen-bond acceptors (Lipinski definition) is 2. The van der Waals surface area contributed by atoms with Crippen molar-refractivity contribution in [3.63, 3.8) is 0 Å². The maximum absolute atomic E-state index is 4.46. The molecule has 0 amide bonds. The molecule has 1 N–H and O–H groups in total. The van der Waals surface area contributed by atoms with Crippen molar-refractivity contribution >= 4 is 0 Å². The molecule has 0 bridgehead atoms.